The van der Waals surface area contributed by atoms with Gasteiger partial charge >= 0.3 is 6.09 Å². The molecule has 0 bridgehead atoms. The van der Waals surface area contributed by atoms with E-state index in [1.165, 1.54) is 6.92 Å². The minimum Gasteiger partial charge on any atom is -0.444 e. The molecule has 0 radical (unpaired) electrons. The highest BCUT2D eigenvalue weighted by Gasteiger charge is 2.34. The van der Waals surface area contributed by atoms with Crippen molar-refractivity contribution in [3.8, 4) is 12.5 Å². The normalized spacial score (nSPS) is 13.9. The molecule has 0 saturated heterocycles. The van der Waals surface area contributed by atoms with Crippen LogP contribution in [0.15, 0.2) is 24.3 Å². The number of rotatable bonds is 8. The van der Waals surface area contributed by atoms with Gasteiger partial charge in [0.25, 0.3) is 5.91 Å². The first-order chi connectivity index (χ1) is 14.4. The zero-order chi connectivity index (χ0) is 23.8. The molecule has 0 saturated carbocycles. The molecule has 0 aromatic heterocycles. The van der Waals surface area contributed by atoms with Gasteiger partial charge in [-0.25, -0.2) is 4.79 Å². The van der Waals surface area contributed by atoms with Gasteiger partial charge in [0.15, 0.2) is 0 Å². The molecule has 0 heterocycles. The number of alkyl carbamates (subject to hydrolysis) is 1. The van der Waals surface area contributed by atoms with Crippen molar-refractivity contribution < 1.29 is 19.1 Å². The van der Waals surface area contributed by atoms with Gasteiger partial charge in [0.2, 0.25) is 5.91 Å². The Morgan fingerprint density at radius 3 is 2.35 bits per heavy atom. The number of nitrogens with one attached hydrogen (secondary N) is 2. The molecule has 3 unspecified atom stereocenters. The zero-order valence-corrected chi connectivity index (χ0v) is 19.6. The Hall–Kier alpha value is -3.01. The first kappa shape index (κ1) is 26.0. The summed E-state index contributed by atoms with van der Waals surface area (Å²) >= 11 is 0. The van der Waals surface area contributed by atoms with E-state index >= 15 is 0 Å². The van der Waals surface area contributed by atoms with Crippen LogP contribution in [-0.4, -0.2) is 40.5 Å². The molecule has 2 N–H and O–H groups in total. The van der Waals surface area contributed by atoms with Crippen molar-refractivity contribution in [1.29, 1.82) is 0 Å². The molecule has 0 aliphatic heterocycles. The van der Waals surface area contributed by atoms with E-state index in [9.17, 15) is 14.4 Å². The fraction of sp³-hybridized carbons (Fsp3) is 0.542. The smallest absolute Gasteiger partial charge is 0.408 e. The van der Waals surface area contributed by atoms with Crippen LogP contribution in [0.25, 0.3) is 0 Å². The molecule has 31 heavy (non-hydrogen) atoms. The number of carbonyl (C=O) groups is 3. The van der Waals surface area contributed by atoms with Gasteiger partial charge in [-0.1, -0.05) is 49.6 Å². The Labute approximate surface area is 185 Å². The van der Waals surface area contributed by atoms with E-state index in [0.717, 1.165) is 23.3 Å². The summed E-state index contributed by atoms with van der Waals surface area (Å²) in [6.45, 7) is 12.5. The maximum atomic E-state index is 13.2. The van der Waals surface area contributed by atoms with Gasteiger partial charge in [0, 0.05) is 12.1 Å². The Bertz CT molecular complexity index is 823. The van der Waals surface area contributed by atoms with Crippen molar-refractivity contribution in [2.75, 3.05) is 0 Å². The summed E-state index contributed by atoms with van der Waals surface area (Å²) < 4.78 is 5.21. The quantitative estimate of drug-likeness (QED) is 0.487. The van der Waals surface area contributed by atoms with E-state index < -0.39 is 29.7 Å². The molecule has 3 amide bonds. The molecule has 0 aliphatic rings. The minimum atomic E-state index is -1.03. The first-order valence-electron chi connectivity index (χ1n) is 10.5. The van der Waals surface area contributed by atoms with E-state index in [1.54, 1.807) is 26.8 Å². The first-order valence-corrected chi connectivity index (χ1v) is 10.5. The van der Waals surface area contributed by atoms with Crippen molar-refractivity contribution in [1.82, 2.24) is 15.5 Å². The molecule has 1 rings (SSSR count). The standard InChI is InChI=1S/C24H35N3O4/c1-9-12-17(4)25-21(28)20(19-14-11-13-16(3)15-19)27(10-2)22(29)18(5)26-23(30)31-24(6,7)8/h2,11,13-15,17-18,20H,9,12H2,1,3-8H3,(H,25,28)(H,26,30). The van der Waals surface area contributed by atoms with Crippen LogP contribution in [0.5, 0.6) is 0 Å². The molecular formula is C24H35N3O4. The third-order valence-corrected chi connectivity index (χ3v) is 4.45. The Morgan fingerprint density at radius 2 is 1.84 bits per heavy atom. The topological polar surface area (TPSA) is 87.7 Å². The second-order valence-electron chi connectivity index (χ2n) is 8.72. The molecule has 0 aliphatic carbocycles. The number of benzene rings is 1. The molecule has 170 valence electrons. The number of ether oxygens (including phenoxy) is 1. The van der Waals surface area contributed by atoms with Crippen molar-refractivity contribution in [2.24, 2.45) is 0 Å². The van der Waals surface area contributed by atoms with E-state index in [4.69, 9.17) is 11.2 Å². The Kier molecular flexibility index (Phi) is 9.57. The van der Waals surface area contributed by atoms with Crippen molar-refractivity contribution in [3.63, 3.8) is 0 Å². The van der Waals surface area contributed by atoms with Gasteiger partial charge < -0.3 is 15.4 Å². The highest BCUT2D eigenvalue weighted by molar-refractivity contribution is 5.93. The highest BCUT2D eigenvalue weighted by atomic mass is 16.6. The SMILES string of the molecule is C#CN(C(=O)C(C)NC(=O)OC(C)(C)C)C(C(=O)NC(C)CCC)c1cccc(C)c1. The molecular weight excluding hydrogens is 394 g/mol. The lowest BCUT2D eigenvalue weighted by Crippen LogP contribution is -2.51. The molecule has 1 aromatic rings. The van der Waals surface area contributed by atoms with Crippen molar-refractivity contribution in [3.05, 3.63) is 35.4 Å². The molecule has 7 heteroatoms. The van der Waals surface area contributed by atoms with Crippen LogP contribution in [-0.2, 0) is 14.3 Å². The van der Waals surface area contributed by atoms with Gasteiger partial charge in [-0.2, -0.15) is 0 Å². The fourth-order valence-electron chi connectivity index (χ4n) is 3.10. The molecule has 0 spiro atoms. The lowest BCUT2D eigenvalue weighted by Gasteiger charge is -2.30. The molecule has 3 atom stereocenters. The summed E-state index contributed by atoms with van der Waals surface area (Å²) in [6.07, 6.45) is 6.65. The summed E-state index contributed by atoms with van der Waals surface area (Å²) in [6, 6.07) is 7.53. The number of aryl methyl sites for hydroxylation is 1. The lowest BCUT2D eigenvalue weighted by molar-refractivity contribution is -0.138. The number of nitrogens with zero attached hydrogens (tertiary/aromatic N) is 1. The minimum absolute atomic E-state index is 0.0724. The van der Waals surface area contributed by atoms with Crippen molar-refractivity contribution >= 4 is 17.9 Å². The van der Waals surface area contributed by atoms with Crippen LogP contribution >= 0.6 is 0 Å². The van der Waals surface area contributed by atoms with E-state index in [1.807, 2.05) is 39.0 Å². The Balaban J connectivity index is 3.18. The van der Waals surface area contributed by atoms with E-state index in [0.29, 0.717) is 5.56 Å². The molecule has 1 aromatic carbocycles. The second-order valence-corrected chi connectivity index (χ2v) is 8.72. The maximum Gasteiger partial charge on any atom is 0.408 e. The van der Waals surface area contributed by atoms with Crippen molar-refractivity contribution in [2.45, 2.75) is 85.0 Å². The number of amides is 3. The predicted molar refractivity (Wildman–Crippen MR) is 121 cm³/mol. The number of terminal acetylenes is 1. The highest BCUT2D eigenvalue weighted by Crippen LogP contribution is 2.23. The van der Waals surface area contributed by atoms with Gasteiger partial charge in [0.05, 0.1) is 0 Å². The van der Waals surface area contributed by atoms with Crippen LogP contribution in [0.3, 0.4) is 0 Å². The zero-order valence-electron chi connectivity index (χ0n) is 19.6. The number of hydrogen-bond acceptors (Lipinski definition) is 4. The van der Waals surface area contributed by atoms with E-state index in [-0.39, 0.29) is 11.9 Å². The molecule has 0 fully saturated rings. The van der Waals surface area contributed by atoms with Gasteiger partial charge in [-0.15, -0.1) is 0 Å². The maximum absolute atomic E-state index is 13.2. The fourth-order valence-corrected chi connectivity index (χ4v) is 3.10. The van der Waals surface area contributed by atoms with Crippen LogP contribution < -0.4 is 10.6 Å². The van der Waals surface area contributed by atoms with Crippen LogP contribution in [0.1, 0.15) is 71.6 Å². The summed E-state index contributed by atoms with van der Waals surface area (Å²) in [4.78, 5) is 39.4. The Morgan fingerprint density at radius 1 is 1.19 bits per heavy atom. The summed E-state index contributed by atoms with van der Waals surface area (Å²) in [5.74, 6) is -0.958. The van der Waals surface area contributed by atoms with Crippen LogP contribution in [0.4, 0.5) is 4.79 Å². The summed E-state index contributed by atoms with van der Waals surface area (Å²) in [5, 5.41) is 5.43. The van der Waals surface area contributed by atoms with Gasteiger partial charge in [-0.3, -0.25) is 14.5 Å². The van der Waals surface area contributed by atoms with Crippen LogP contribution in [0.2, 0.25) is 0 Å². The third kappa shape index (κ3) is 8.33. The predicted octanol–water partition coefficient (Wildman–Crippen LogP) is 3.67. The average Bonchev–Trinajstić information content (AvgIpc) is 2.63. The third-order valence-electron chi connectivity index (χ3n) is 4.45. The average molecular weight is 430 g/mol. The second kappa shape index (κ2) is 11.4. The van der Waals surface area contributed by atoms with Gasteiger partial charge in [0.1, 0.15) is 17.7 Å². The van der Waals surface area contributed by atoms with Crippen LogP contribution in [0, 0.1) is 19.4 Å². The summed E-state index contributed by atoms with van der Waals surface area (Å²) in [5.41, 5.74) is 0.816. The largest absolute Gasteiger partial charge is 0.444 e. The summed E-state index contributed by atoms with van der Waals surface area (Å²) in [7, 11) is 0. The number of carbonyl (C=O) groups excluding carboxylic acids is 3. The number of hydrogen-bond donors (Lipinski definition) is 2. The lowest BCUT2D eigenvalue weighted by atomic mass is 10.0. The van der Waals surface area contributed by atoms with Gasteiger partial charge in [-0.05, 0) is 53.5 Å². The molecule has 7 nitrogen and oxygen atoms in total. The van der Waals surface area contributed by atoms with E-state index in [2.05, 4.69) is 16.7 Å². The monoisotopic (exact) mass is 429 g/mol.